The Morgan fingerprint density at radius 3 is 2.38 bits per heavy atom. The summed E-state index contributed by atoms with van der Waals surface area (Å²) in [5.74, 6) is 1.01. The summed E-state index contributed by atoms with van der Waals surface area (Å²) in [5, 5.41) is 0. The van der Waals surface area contributed by atoms with Crippen LogP contribution in [0.3, 0.4) is 0 Å². The van der Waals surface area contributed by atoms with Crippen LogP contribution in [0.1, 0.15) is 37.8 Å². The molecule has 2 nitrogen and oxygen atoms in total. The Morgan fingerprint density at radius 2 is 1.88 bits per heavy atom. The third-order valence-corrected chi connectivity index (χ3v) is 2.85. The van der Waals surface area contributed by atoms with Gasteiger partial charge < -0.3 is 4.74 Å². The first kappa shape index (κ1) is 12.8. The number of carbonyl (C=O) groups excluding carboxylic acids is 1. The van der Waals surface area contributed by atoms with E-state index in [9.17, 15) is 4.79 Å². The number of hydrogen-bond acceptors (Lipinski definition) is 2. The maximum absolute atomic E-state index is 12.0. The average Bonchev–Trinajstić information content (AvgIpc) is 2.26. The molecule has 0 radical (unpaired) electrons. The smallest absolute Gasteiger partial charge is 0.142 e. The number of hydrogen-bond donors (Lipinski definition) is 0. The highest BCUT2D eigenvalue weighted by atomic mass is 16.5. The zero-order valence-electron chi connectivity index (χ0n) is 10.7. The van der Waals surface area contributed by atoms with E-state index in [2.05, 4.69) is 0 Å². The number of benzene rings is 1. The van der Waals surface area contributed by atoms with Crippen LogP contribution in [-0.4, -0.2) is 12.9 Å². The molecule has 1 unspecified atom stereocenters. The molecule has 0 amide bonds. The summed E-state index contributed by atoms with van der Waals surface area (Å²) in [6.07, 6.45) is 0. The summed E-state index contributed by atoms with van der Waals surface area (Å²) in [7, 11) is 1.64. The third-order valence-electron chi connectivity index (χ3n) is 2.85. The van der Waals surface area contributed by atoms with Crippen molar-refractivity contribution in [1.82, 2.24) is 0 Å². The van der Waals surface area contributed by atoms with Gasteiger partial charge in [-0.05, 0) is 13.0 Å². The Morgan fingerprint density at radius 1 is 1.25 bits per heavy atom. The third kappa shape index (κ3) is 2.63. The molecule has 0 saturated heterocycles. The molecule has 1 aromatic rings. The fourth-order valence-electron chi connectivity index (χ4n) is 1.85. The number of rotatable bonds is 4. The molecule has 1 aromatic carbocycles. The number of aryl methyl sites for hydroxylation is 1. The van der Waals surface area contributed by atoms with Gasteiger partial charge in [-0.2, -0.15) is 0 Å². The van der Waals surface area contributed by atoms with Crippen molar-refractivity contribution in [2.75, 3.05) is 7.11 Å². The van der Waals surface area contributed by atoms with E-state index in [1.807, 2.05) is 45.9 Å². The Bertz CT molecular complexity index is 380. The summed E-state index contributed by atoms with van der Waals surface area (Å²) in [6, 6.07) is 5.95. The molecule has 0 aliphatic rings. The number of ketones is 1. The lowest BCUT2D eigenvalue weighted by Gasteiger charge is -2.17. The summed E-state index contributed by atoms with van der Waals surface area (Å²) in [4.78, 5) is 12.0. The average molecular weight is 220 g/mol. The fraction of sp³-hybridized carbons (Fsp3) is 0.500. The van der Waals surface area contributed by atoms with E-state index in [4.69, 9.17) is 4.74 Å². The molecule has 0 saturated carbocycles. The monoisotopic (exact) mass is 220 g/mol. The highest BCUT2D eigenvalue weighted by Gasteiger charge is 2.21. The Balaban J connectivity index is 3.11. The maximum Gasteiger partial charge on any atom is 0.142 e. The lowest BCUT2D eigenvalue weighted by Crippen LogP contribution is -2.16. The van der Waals surface area contributed by atoms with Crippen molar-refractivity contribution in [1.29, 1.82) is 0 Å². The Labute approximate surface area is 97.6 Å². The highest BCUT2D eigenvalue weighted by molar-refractivity contribution is 5.87. The molecule has 0 heterocycles. The van der Waals surface area contributed by atoms with E-state index in [1.165, 1.54) is 0 Å². The Hall–Kier alpha value is -1.31. The van der Waals surface area contributed by atoms with Gasteiger partial charge in [0.05, 0.1) is 7.11 Å². The van der Waals surface area contributed by atoms with Gasteiger partial charge in [-0.15, -0.1) is 0 Å². The van der Waals surface area contributed by atoms with E-state index in [-0.39, 0.29) is 17.6 Å². The number of methoxy groups -OCH3 is 1. The Kier molecular flexibility index (Phi) is 4.11. The van der Waals surface area contributed by atoms with Crippen LogP contribution in [0.2, 0.25) is 0 Å². The zero-order chi connectivity index (χ0) is 12.3. The predicted molar refractivity (Wildman–Crippen MR) is 66.0 cm³/mol. The quantitative estimate of drug-likeness (QED) is 0.778. The first-order chi connectivity index (χ1) is 7.47. The molecule has 0 aliphatic heterocycles. The summed E-state index contributed by atoms with van der Waals surface area (Å²) >= 11 is 0. The minimum Gasteiger partial charge on any atom is -0.496 e. The summed E-state index contributed by atoms with van der Waals surface area (Å²) in [6.45, 7) is 7.83. The van der Waals surface area contributed by atoms with Crippen molar-refractivity contribution in [3.8, 4) is 5.75 Å². The molecule has 16 heavy (non-hydrogen) atoms. The van der Waals surface area contributed by atoms with Gasteiger partial charge in [0.25, 0.3) is 0 Å². The molecule has 0 N–H and O–H groups in total. The van der Waals surface area contributed by atoms with Gasteiger partial charge >= 0.3 is 0 Å². The molecule has 2 heteroatoms. The first-order valence-corrected chi connectivity index (χ1v) is 5.65. The molecular weight excluding hydrogens is 200 g/mol. The van der Waals surface area contributed by atoms with Gasteiger partial charge in [0.15, 0.2) is 0 Å². The minimum atomic E-state index is -0.102. The second kappa shape index (κ2) is 5.15. The van der Waals surface area contributed by atoms with Crippen molar-refractivity contribution in [3.05, 3.63) is 29.3 Å². The van der Waals surface area contributed by atoms with Crippen LogP contribution in [0, 0.1) is 12.8 Å². The number of ether oxygens (including phenoxy) is 1. The van der Waals surface area contributed by atoms with E-state index in [0.29, 0.717) is 0 Å². The molecule has 88 valence electrons. The number of carbonyl (C=O) groups is 1. The summed E-state index contributed by atoms with van der Waals surface area (Å²) in [5.41, 5.74) is 2.14. The lowest BCUT2D eigenvalue weighted by molar-refractivity contribution is -0.123. The molecule has 0 aliphatic carbocycles. The topological polar surface area (TPSA) is 26.3 Å². The SMILES string of the molecule is COc1ccc(C)cc1C(C)C(=O)C(C)C. The molecule has 0 fully saturated rings. The molecule has 0 aromatic heterocycles. The van der Waals surface area contributed by atoms with Gasteiger partial charge in [-0.1, -0.05) is 38.5 Å². The molecular formula is C14H20O2. The molecule has 1 rings (SSSR count). The van der Waals surface area contributed by atoms with Crippen molar-refractivity contribution >= 4 is 5.78 Å². The van der Waals surface area contributed by atoms with Crippen LogP contribution in [0.25, 0.3) is 0 Å². The number of Topliss-reactive ketones (excluding diaryl/α,β-unsaturated/α-hetero) is 1. The van der Waals surface area contributed by atoms with Crippen LogP contribution < -0.4 is 4.74 Å². The predicted octanol–water partition coefficient (Wildman–Crippen LogP) is 3.33. The van der Waals surface area contributed by atoms with E-state index < -0.39 is 0 Å². The summed E-state index contributed by atoms with van der Waals surface area (Å²) < 4.78 is 5.30. The zero-order valence-corrected chi connectivity index (χ0v) is 10.7. The first-order valence-electron chi connectivity index (χ1n) is 5.65. The van der Waals surface area contributed by atoms with Gasteiger partial charge in [-0.3, -0.25) is 4.79 Å². The van der Waals surface area contributed by atoms with Crippen molar-refractivity contribution in [3.63, 3.8) is 0 Å². The van der Waals surface area contributed by atoms with Crippen LogP contribution in [0.4, 0.5) is 0 Å². The second-order valence-electron chi connectivity index (χ2n) is 4.52. The van der Waals surface area contributed by atoms with E-state index in [1.54, 1.807) is 7.11 Å². The van der Waals surface area contributed by atoms with Gasteiger partial charge in [0, 0.05) is 17.4 Å². The minimum absolute atomic E-state index is 0.0558. The van der Waals surface area contributed by atoms with Crippen LogP contribution in [-0.2, 0) is 4.79 Å². The van der Waals surface area contributed by atoms with E-state index >= 15 is 0 Å². The van der Waals surface area contributed by atoms with Gasteiger partial charge in [0.1, 0.15) is 11.5 Å². The largest absolute Gasteiger partial charge is 0.496 e. The fourth-order valence-corrected chi connectivity index (χ4v) is 1.85. The van der Waals surface area contributed by atoms with Crippen molar-refractivity contribution < 1.29 is 9.53 Å². The second-order valence-corrected chi connectivity index (χ2v) is 4.52. The molecule has 0 spiro atoms. The molecule has 0 bridgehead atoms. The van der Waals surface area contributed by atoms with Crippen LogP contribution in [0.5, 0.6) is 5.75 Å². The van der Waals surface area contributed by atoms with Gasteiger partial charge in [0.2, 0.25) is 0 Å². The normalized spacial score (nSPS) is 12.6. The maximum atomic E-state index is 12.0. The lowest BCUT2D eigenvalue weighted by atomic mass is 9.89. The van der Waals surface area contributed by atoms with Crippen molar-refractivity contribution in [2.24, 2.45) is 5.92 Å². The van der Waals surface area contributed by atoms with Crippen LogP contribution in [0.15, 0.2) is 18.2 Å². The highest BCUT2D eigenvalue weighted by Crippen LogP contribution is 2.29. The van der Waals surface area contributed by atoms with Crippen molar-refractivity contribution in [2.45, 2.75) is 33.6 Å². The standard InChI is InChI=1S/C14H20O2/c1-9(2)14(15)11(4)12-8-10(3)6-7-13(12)16-5/h6-9,11H,1-5H3. The van der Waals surface area contributed by atoms with Gasteiger partial charge in [-0.25, -0.2) is 0 Å². The van der Waals surface area contributed by atoms with Crippen LogP contribution >= 0.6 is 0 Å². The van der Waals surface area contributed by atoms with E-state index in [0.717, 1.165) is 16.9 Å². The molecule has 1 atom stereocenters.